The van der Waals surface area contributed by atoms with Crippen molar-refractivity contribution in [1.29, 1.82) is 0 Å². The molecule has 0 bridgehead atoms. The van der Waals surface area contributed by atoms with Crippen LogP contribution in [0.2, 0.25) is 0 Å². The minimum atomic E-state index is 0.00675. The summed E-state index contributed by atoms with van der Waals surface area (Å²) < 4.78 is 1.80. The lowest BCUT2D eigenvalue weighted by Crippen LogP contribution is -1.95. The van der Waals surface area contributed by atoms with Gasteiger partial charge < -0.3 is 5.11 Å². The first kappa shape index (κ1) is 13.1. The molecule has 5 heteroatoms. The van der Waals surface area contributed by atoms with Crippen molar-refractivity contribution < 1.29 is 5.11 Å². The second-order valence-corrected chi connectivity index (χ2v) is 5.39. The second kappa shape index (κ2) is 5.12. The Morgan fingerprint density at radius 1 is 1.28 bits per heavy atom. The number of hydrogen-bond acceptors (Lipinski definition) is 4. The standard InChI is InChI=1S/C13H17N3OS/c1-8-5-9(2)14-12(6-8)18-13-11(7-17)10(3)15-16(13)4/h5-6,17H,7H2,1-4H3. The predicted molar refractivity (Wildman–Crippen MR) is 71.7 cm³/mol. The zero-order chi connectivity index (χ0) is 13.3. The van der Waals surface area contributed by atoms with Gasteiger partial charge in [-0.3, -0.25) is 4.68 Å². The van der Waals surface area contributed by atoms with Crippen molar-refractivity contribution in [3.8, 4) is 0 Å². The molecular formula is C13H17N3OS. The molecule has 18 heavy (non-hydrogen) atoms. The third kappa shape index (κ3) is 2.57. The van der Waals surface area contributed by atoms with Crippen molar-refractivity contribution in [3.63, 3.8) is 0 Å². The highest BCUT2D eigenvalue weighted by Crippen LogP contribution is 2.31. The first-order valence-corrected chi connectivity index (χ1v) is 6.59. The average Bonchev–Trinajstić information content (AvgIpc) is 2.52. The maximum absolute atomic E-state index is 9.41. The predicted octanol–water partition coefficient (Wildman–Crippen LogP) is 2.38. The number of aliphatic hydroxyl groups is 1. The molecule has 0 amide bonds. The van der Waals surface area contributed by atoms with Crippen LogP contribution in [0.25, 0.3) is 0 Å². The van der Waals surface area contributed by atoms with E-state index in [1.807, 2.05) is 33.0 Å². The molecule has 0 atom stereocenters. The molecule has 0 aliphatic heterocycles. The van der Waals surface area contributed by atoms with Crippen LogP contribution in [0, 0.1) is 20.8 Å². The average molecular weight is 263 g/mol. The molecule has 0 aromatic carbocycles. The molecule has 2 heterocycles. The molecule has 0 unspecified atom stereocenters. The van der Waals surface area contributed by atoms with Gasteiger partial charge in [0, 0.05) is 18.3 Å². The molecule has 1 N–H and O–H groups in total. The zero-order valence-electron chi connectivity index (χ0n) is 11.1. The van der Waals surface area contributed by atoms with Crippen LogP contribution in [0.1, 0.15) is 22.5 Å². The number of pyridine rings is 1. The van der Waals surface area contributed by atoms with Gasteiger partial charge in [-0.25, -0.2) is 4.98 Å². The van der Waals surface area contributed by atoms with E-state index in [0.29, 0.717) is 0 Å². The summed E-state index contributed by atoms with van der Waals surface area (Å²) >= 11 is 1.54. The highest BCUT2D eigenvalue weighted by Gasteiger charge is 2.14. The topological polar surface area (TPSA) is 50.9 Å². The van der Waals surface area contributed by atoms with Crippen LogP contribution in [0.3, 0.4) is 0 Å². The van der Waals surface area contributed by atoms with Gasteiger partial charge >= 0.3 is 0 Å². The number of rotatable bonds is 3. The van der Waals surface area contributed by atoms with E-state index in [2.05, 4.69) is 17.0 Å². The summed E-state index contributed by atoms with van der Waals surface area (Å²) in [6, 6.07) is 4.09. The summed E-state index contributed by atoms with van der Waals surface area (Å²) in [5, 5.41) is 15.6. The van der Waals surface area contributed by atoms with E-state index in [-0.39, 0.29) is 6.61 Å². The van der Waals surface area contributed by atoms with E-state index in [0.717, 1.165) is 27.0 Å². The SMILES string of the molecule is Cc1cc(C)nc(Sc2c(CO)c(C)nn2C)c1. The molecule has 0 fully saturated rings. The molecular weight excluding hydrogens is 246 g/mol. The Balaban J connectivity index is 2.39. The van der Waals surface area contributed by atoms with Gasteiger partial charge in [0.2, 0.25) is 0 Å². The lowest BCUT2D eigenvalue weighted by molar-refractivity contribution is 0.277. The minimum Gasteiger partial charge on any atom is -0.392 e. The second-order valence-electron chi connectivity index (χ2n) is 4.38. The summed E-state index contributed by atoms with van der Waals surface area (Å²) in [6.07, 6.45) is 0. The smallest absolute Gasteiger partial charge is 0.106 e. The van der Waals surface area contributed by atoms with Crippen LogP contribution < -0.4 is 0 Å². The van der Waals surface area contributed by atoms with Crippen molar-refractivity contribution in [1.82, 2.24) is 14.8 Å². The van der Waals surface area contributed by atoms with E-state index in [4.69, 9.17) is 0 Å². The fourth-order valence-electron chi connectivity index (χ4n) is 1.95. The molecule has 0 radical (unpaired) electrons. The van der Waals surface area contributed by atoms with Gasteiger partial charge in [-0.15, -0.1) is 0 Å². The summed E-state index contributed by atoms with van der Waals surface area (Å²) in [5.74, 6) is 0. The number of aliphatic hydroxyl groups excluding tert-OH is 1. The molecule has 0 aliphatic rings. The highest BCUT2D eigenvalue weighted by atomic mass is 32.2. The van der Waals surface area contributed by atoms with Gasteiger partial charge in [-0.2, -0.15) is 5.10 Å². The molecule has 0 aliphatic carbocycles. The van der Waals surface area contributed by atoms with Crippen molar-refractivity contribution in [3.05, 3.63) is 34.6 Å². The van der Waals surface area contributed by atoms with Crippen molar-refractivity contribution in [2.24, 2.45) is 7.05 Å². The molecule has 96 valence electrons. The number of aryl methyl sites for hydroxylation is 4. The Labute approximate surface area is 111 Å². The Morgan fingerprint density at radius 3 is 2.61 bits per heavy atom. The zero-order valence-corrected chi connectivity index (χ0v) is 11.9. The monoisotopic (exact) mass is 263 g/mol. The van der Waals surface area contributed by atoms with E-state index in [1.165, 1.54) is 5.56 Å². The Kier molecular flexibility index (Phi) is 3.73. The first-order chi connectivity index (χ1) is 8.51. The van der Waals surface area contributed by atoms with Gasteiger partial charge in [-0.05, 0) is 38.5 Å². The Bertz CT molecular complexity index is 558. The summed E-state index contributed by atoms with van der Waals surface area (Å²) in [7, 11) is 1.89. The third-order valence-electron chi connectivity index (χ3n) is 2.72. The van der Waals surface area contributed by atoms with Crippen LogP contribution in [-0.2, 0) is 13.7 Å². The molecule has 2 aromatic heterocycles. The lowest BCUT2D eigenvalue weighted by Gasteiger charge is -2.06. The molecule has 0 saturated heterocycles. The summed E-state index contributed by atoms with van der Waals surface area (Å²) in [4.78, 5) is 4.50. The van der Waals surface area contributed by atoms with Crippen LogP contribution in [0.5, 0.6) is 0 Å². The fraction of sp³-hybridized carbons (Fsp3) is 0.385. The van der Waals surface area contributed by atoms with E-state index in [9.17, 15) is 5.11 Å². The number of hydrogen-bond donors (Lipinski definition) is 1. The van der Waals surface area contributed by atoms with Crippen molar-refractivity contribution >= 4 is 11.8 Å². The quantitative estimate of drug-likeness (QED) is 0.923. The van der Waals surface area contributed by atoms with Gasteiger partial charge in [0.05, 0.1) is 12.3 Å². The molecule has 0 spiro atoms. The Morgan fingerprint density at radius 2 is 2.00 bits per heavy atom. The normalized spacial score (nSPS) is 10.9. The van der Waals surface area contributed by atoms with Crippen LogP contribution >= 0.6 is 11.8 Å². The molecule has 0 saturated carbocycles. The largest absolute Gasteiger partial charge is 0.392 e. The van der Waals surface area contributed by atoms with Crippen LogP contribution in [0.4, 0.5) is 0 Å². The van der Waals surface area contributed by atoms with Crippen LogP contribution in [-0.4, -0.2) is 19.9 Å². The minimum absolute atomic E-state index is 0.00675. The maximum Gasteiger partial charge on any atom is 0.106 e. The van der Waals surface area contributed by atoms with E-state index in [1.54, 1.807) is 16.4 Å². The Hall–Kier alpha value is -1.33. The van der Waals surface area contributed by atoms with Gasteiger partial charge in [0.25, 0.3) is 0 Å². The van der Waals surface area contributed by atoms with E-state index < -0.39 is 0 Å². The van der Waals surface area contributed by atoms with Gasteiger partial charge in [0.1, 0.15) is 10.1 Å². The van der Waals surface area contributed by atoms with Gasteiger partial charge in [-0.1, -0.05) is 11.8 Å². The molecule has 2 aromatic rings. The van der Waals surface area contributed by atoms with E-state index >= 15 is 0 Å². The van der Waals surface area contributed by atoms with Crippen molar-refractivity contribution in [2.45, 2.75) is 37.4 Å². The first-order valence-electron chi connectivity index (χ1n) is 5.77. The summed E-state index contributed by atoms with van der Waals surface area (Å²) in [5.41, 5.74) is 3.94. The number of aromatic nitrogens is 3. The number of nitrogens with zero attached hydrogens (tertiary/aromatic N) is 3. The highest BCUT2D eigenvalue weighted by molar-refractivity contribution is 7.99. The molecule has 2 rings (SSSR count). The molecule has 4 nitrogen and oxygen atoms in total. The van der Waals surface area contributed by atoms with Gasteiger partial charge in [0.15, 0.2) is 0 Å². The van der Waals surface area contributed by atoms with Crippen LogP contribution in [0.15, 0.2) is 22.2 Å². The lowest BCUT2D eigenvalue weighted by atomic mass is 10.3. The third-order valence-corrected chi connectivity index (χ3v) is 3.84. The fourth-order valence-corrected chi connectivity index (χ4v) is 3.09. The summed E-state index contributed by atoms with van der Waals surface area (Å²) in [6.45, 7) is 5.95. The van der Waals surface area contributed by atoms with Crippen molar-refractivity contribution in [2.75, 3.05) is 0 Å². The maximum atomic E-state index is 9.41.